The Bertz CT molecular complexity index is 628. The van der Waals surface area contributed by atoms with Crippen molar-refractivity contribution >= 4 is 17.2 Å². The molecule has 116 valence electrons. The second-order valence-corrected chi connectivity index (χ2v) is 6.97. The maximum absolute atomic E-state index is 12.6. The Kier molecular flexibility index (Phi) is 4.57. The van der Waals surface area contributed by atoms with Crippen LogP contribution in [0, 0.1) is 0 Å². The van der Waals surface area contributed by atoms with E-state index in [0.29, 0.717) is 18.5 Å². The van der Waals surface area contributed by atoms with Gasteiger partial charge in [0, 0.05) is 23.0 Å². The lowest BCUT2D eigenvalue weighted by Crippen LogP contribution is -2.48. The van der Waals surface area contributed by atoms with Gasteiger partial charge in [-0.05, 0) is 33.1 Å². The van der Waals surface area contributed by atoms with Crippen molar-refractivity contribution in [2.75, 3.05) is 0 Å². The Morgan fingerprint density at radius 3 is 2.59 bits per heavy atom. The molecule has 2 unspecified atom stereocenters. The van der Waals surface area contributed by atoms with Gasteiger partial charge in [0.25, 0.3) is 0 Å². The number of nitrogens with zero attached hydrogens (tertiary/aromatic N) is 2. The largest absolute Gasteiger partial charge is 0.337 e. The van der Waals surface area contributed by atoms with Gasteiger partial charge in [-0.25, -0.2) is 4.98 Å². The fraction of sp³-hybridized carbons (Fsp3) is 0.444. The van der Waals surface area contributed by atoms with Crippen LogP contribution in [0.3, 0.4) is 0 Å². The highest BCUT2D eigenvalue weighted by atomic mass is 32.1. The summed E-state index contributed by atoms with van der Waals surface area (Å²) in [7, 11) is 0. The molecule has 0 N–H and O–H groups in total. The minimum Gasteiger partial charge on any atom is -0.337 e. The second kappa shape index (κ2) is 6.61. The highest BCUT2D eigenvalue weighted by Gasteiger charge is 2.29. The fourth-order valence-electron chi connectivity index (χ4n) is 3.26. The van der Waals surface area contributed by atoms with Crippen LogP contribution in [0.5, 0.6) is 0 Å². The van der Waals surface area contributed by atoms with Crippen molar-refractivity contribution in [1.82, 2.24) is 9.88 Å². The lowest BCUT2D eigenvalue weighted by Gasteiger charge is -2.39. The molecule has 4 heteroatoms. The average Bonchev–Trinajstić information content (AvgIpc) is 2.96. The van der Waals surface area contributed by atoms with E-state index in [9.17, 15) is 4.79 Å². The van der Waals surface area contributed by atoms with Crippen LogP contribution in [0.4, 0.5) is 0 Å². The van der Waals surface area contributed by atoms with Crippen LogP contribution < -0.4 is 0 Å². The number of piperidine rings is 1. The molecule has 3 rings (SSSR count). The molecule has 1 fully saturated rings. The van der Waals surface area contributed by atoms with Gasteiger partial charge < -0.3 is 4.90 Å². The van der Waals surface area contributed by atoms with Crippen LogP contribution in [0.1, 0.15) is 38.8 Å². The Morgan fingerprint density at radius 2 is 1.91 bits per heavy atom. The number of amides is 1. The molecule has 0 spiro atoms. The van der Waals surface area contributed by atoms with Crippen molar-refractivity contribution in [3.05, 3.63) is 41.4 Å². The van der Waals surface area contributed by atoms with Gasteiger partial charge >= 0.3 is 0 Å². The first-order valence-corrected chi connectivity index (χ1v) is 8.84. The zero-order chi connectivity index (χ0) is 15.5. The lowest BCUT2D eigenvalue weighted by molar-refractivity contribution is -0.136. The predicted molar refractivity (Wildman–Crippen MR) is 90.9 cm³/mol. The van der Waals surface area contributed by atoms with E-state index >= 15 is 0 Å². The first-order chi connectivity index (χ1) is 10.6. The molecule has 22 heavy (non-hydrogen) atoms. The zero-order valence-corrected chi connectivity index (χ0v) is 14.0. The highest BCUT2D eigenvalue weighted by Crippen LogP contribution is 2.26. The first kappa shape index (κ1) is 15.2. The fourth-order valence-corrected chi connectivity index (χ4v) is 4.09. The molecular formula is C18H22N2OS. The van der Waals surface area contributed by atoms with E-state index in [0.717, 1.165) is 29.1 Å². The van der Waals surface area contributed by atoms with Gasteiger partial charge in [-0.1, -0.05) is 30.3 Å². The number of hydrogen-bond acceptors (Lipinski definition) is 3. The van der Waals surface area contributed by atoms with Gasteiger partial charge in [0.15, 0.2) is 0 Å². The van der Waals surface area contributed by atoms with Crippen molar-refractivity contribution in [3.63, 3.8) is 0 Å². The van der Waals surface area contributed by atoms with Gasteiger partial charge in [0.2, 0.25) is 5.91 Å². The monoisotopic (exact) mass is 314 g/mol. The van der Waals surface area contributed by atoms with Crippen molar-refractivity contribution in [2.24, 2.45) is 0 Å². The molecule has 1 aromatic carbocycles. The van der Waals surface area contributed by atoms with E-state index in [1.165, 1.54) is 6.42 Å². The average molecular weight is 314 g/mol. The van der Waals surface area contributed by atoms with Gasteiger partial charge in [-0.2, -0.15) is 0 Å². The quantitative estimate of drug-likeness (QED) is 0.853. The third kappa shape index (κ3) is 3.22. The van der Waals surface area contributed by atoms with Gasteiger partial charge in [-0.15, -0.1) is 11.3 Å². The summed E-state index contributed by atoms with van der Waals surface area (Å²) < 4.78 is 0. The summed E-state index contributed by atoms with van der Waals surface area (Å²) in [5.74, 6) is 0.213. The number of benzene rings is 1. The van der Waals surface area contributed by atoms with Crippen LogP contribution >= 0.6 is 11.3 Å². The van der Waals surface area contributed by atoms with Crippen LogP contribution in [-0.2, 0) is 11.2 Å². The van der Waals surface area contributed by atoms with Crippen molar-refractivity contribution in [1.29, 1.82) is 0 Å². The Balaban J connectivity index is 1.71. The molecule has 1 aliphatic rings. The van der Waals surface area contributed by atoms with Crippen molar-refractivity contribution < 1.29 is 4.79 Å². The number of hydrogen-bond donors (Lipinski definition) is 0. The number of likely N-dealkylation sites (tertiary alicyclic amines) is 1. The minimum atomic E-state index is 0.213. The van der Waals surface area contributed by atoms with Crippen LogP contribution in [0.25, 0.3) is 10.6 Å². The zero-order valence-electron chi connectivity index (χ0n) is 13.2. The summed E-state index contributed by atoms with van der Waals surface area (Å²) in [6, 6.07) is 10.8. The van der Waals surface area contributed by atoms with Crippen LogP contribution in [-0.4, -0.2) is 27.9 Å². The first-order valence-electron chi connectivity index (χ1n) is 7.96. The second-order valence-electron chi connectivity index (χ2n) is 6.12. The molecule has 2 heterocycles. The topological polar surface area (TPSA) is 33.2 Å². The van der Waals surface area contributed by atoms with E-state index < -0.39 is 0 Å². The summed E-state index contributed by atoms with van der Waals surface area (Å²) in [5.41, 5.74) is 2.00. The highest BCUT2D eigenvalue weighted by molar-refractivity contribution is 7.13. The molecule has 1 aliphatic heterocycles. The number of carbonyl (C=O) groups excluding carboxylic acids is 1. The molecule has 2 atom stereocenters. The standard InChI is InChI=1S/C18H22N2OS/c1-13-7-6-8-14(2)20(13)17(21)11-16-12-22-18(19-16)15-9-4-3-5-10-15/h3-5,9-10,12-14H,6-8,11H2,1-2H3. The Morgan fingerprint density at radius 1 is 1.23 bits per heavy atom. The van der Waals surface area contributed by atoms with E-state index in [-0.39, 0.29) is 5.91 Å². The number of carbonyl (C=O) groups is 1. The minimum absolute atomic E-state index is 0.213. The number of thiazole rings is 1. The maximum atomic E-state index is 12.6. The molecule has 0 radical (unpaired) electrons. The predicted octanol–water partition coefficient (Wildman–Crippen LogP) is 4.14. The summed E-state index contributed by atoms with van der Waals surface area (Å²) in [5, 5.41) is 3.00. The lowest BCUT2D eigenvalue weighted by atomic mass is 9.97. The molecular weight excluding hydrogens is 292 g/mol. The SMILES string of the molecule is CC1CCCC(C)N1C(=O)Cc1csc(-c2ccccc2)n1. The van der Waals surface area contributed by atoms with E-state index in [2.05, 4.69) is 35.9 Å². The molecule has 0 aliphatic carbocycles. The van der Waals surface area contributed by atoms with Crippen molar-refractivity contribution in [3.8, 4) is 10.6 Å². The van der Waals surface area contributed by atoms with Gasteiger partial charge in [0.1, 0.15) is 5.01 Å². The normalized spacial score (nSPS) is 21.8. The molecule has 0 saturated carbocycles. The van der Waals surface area contributed by atoms with Crippen molar-refractivity contribution in [2.45, 2.75) is 51.6 Å². The Hall–Kier alpha value is -1.68. The molecule has 1 aromatic heterocycles. The molecule has 0 bridgehead atoms. The smallest absolute Gasteiger partial charge is 0.229 e. The molecule has 3 nitrogen and oxygen atoms in total. The van der Waals surface area contributed by atoms with Crippen LogP contribution in [0.15, 0.2) is 35.7 Å². The Labute approximate surface area is 136 Å². The maximum Gasteiger partial charge on any atom is 0.229 e. The third-order valence-corrected chi connectivity index (χ3v) is 5.33. The molecule has 1 saturated heterocycles. The van der Waals surface area contributed by atoms with E-state index in [1.807, 2.05) is 23.6 Å². The molecule has 2 aromatic rings. The third-order valence-electron chi connectivity index (χ3n) is 4.39. The van der Waals surface area contributed by atoms with E-state index in [4.69, 9.17) is 0 Å². The number of rotatable bonds is 3. The molecule has 1 amide bonds. The van der Waals surface area contributed by atoms with Gasteiger partial charge in [0.05, 0.1) is 12.1 Å². The summed E-state index contributed by atoms with van der Waals surface area (Å²) >= 11 is 1.61. The summed E-state index contributed by atoms with van der Waals surface area (Å²) in [6.45, 7) is 4.31. The number of aromatic nitrogens is 1. The van der Waals surface area contributed by atoms with Gasteiger partial charge in [-0.3, -0.25) is 4.79 Å². The summed E-state index contributed by atoms with van der Waals surface area (Å²) in [4.78, 5) is 19.3. The summed E-state index contributed by atoms with van der Waals surface area (Å²) in [6.07, 6.45) is 3.86. The van der Waals surface area contributed by atoms with E-state index in [1.54, 1.807) is 11.3 Å². The van der Waals surface area contributed by atoms with Crippen LogP contribution in [0.2, 0.25) is 0 Å².